The Balaban J connectivity index is 1.81. The summed E-state index contributed by atoms with van der Waals surface area (Å²) >= 11 is 0. The standard InChI is InChI=1S/C17H16N6O/c1-11-6-7-14(19-9-11)23-16-8-15(20-10-21-16)22-13-5-3-2-4-12(13)17(18)24/h2-10H,1H3,(H2,18,24)(H2,19,20,21,22,23). The SMILES string of the molecule is Cc1ccc(Nc2cc(Nc3ccccc3C(N)=O)ncn2)nc1. The molecule has 120 valence electrons. The predicted molar refractivity (Wildman–Crippen MR) is 92.5 cm³/mol. The molecule has 0 atom stereocenters. The van der Waals surface area contributed by atoms with Crippen molar-refractivity contribution in [1.82, 2.24) is 15.0 Å². The zero-order valence-electron chi connectivity index (χ0n) is 13.0. The van der Waals surface area contributed by atoms with E-state index in [2.05, 4.69) is 25.6 Å². The minimum Gasteiger partial charge on any atom is -0.366 e. The van der Waals surface area contributed by atoms with Gasteiger partial charge in [-0.25, -0.2) is 15.0 Å². The van der Waals surface area contributed by atoms with Gasteiger partial charge >= 0.3 is 0 Å². The Hall–Kier alpha value is -3.48. The third kappa shape index (κ3) is 3.64. The summed E-state index contributed by atoms with van der Waals surface area (Å²) in [6.45, 7) is 1.97. The summed E-state index contributed by atoms with van der Waals surface area (Å²) in [6, 6.07) is 12.5. The molecule has 0 radical (unpaired) electrons. The minimum absolute atomic E-state index is 0.394. The van der Waals surface area contributed by atoms with Crippen LogP contribution in [0.25, 0.3) is 0 Å². The number of nitrogens with two attached hydrogens (primary N) is 1. The zero-order valence-corrected chi connectivity index (χ0v) is 13.0. The highest BCUT2D eigenvalue weighted by Gasteiger charge is 2.08. The van der Waals surface area contributed by atoms with Gasteiger partial charge in [0.15, 0.2) is 0 Å². The molecule has 4 N–H and O–H groups in total. The van der Waals surface area contributed by atoms with Crippen molar-refractivity contribution < 1.29 is 4.79 Å². The first-order chi connectivity index (χ1) is 11.6. The van der Waals surface area contributed by atoms with E-state index in [9.17, 15) is 4.79 Å². The lowest BCUT2D eigenvalue weighted by Crippen LogP contribution is -2.13. The maximum Gasteiger partial charge on any atom is 0.250 e. The van der Waals surface area contributed by atoms with Crippen LogP contribution in [0.4, 0.5) is 23.1 Å². The van der Waals surface area contributed by atoms with Gasteiger partial charge in [0.2, 0.25) is 0 Å². The van der Waals surface area contributed by atoms with Crippen LogP contribution in [0.5, 0.6) is 0 Å². The molecule has 0 bridgehead atoms. The number of primary amides is 1. The van der Waals surface area contributed by atoms with Gasteiger partial charge < -0.3 is 16.4 Å². The second-order valence-corrected chi connectivity index (χ2v) is 5.17. The summed E-state index contributed by atoms with van der Waals surface area (Å²) in [7, 11) is 0. The highest BCUT2D eigenvalue weighted by molar-refractivity contribution is 5.99. The molecule has 0 saturated carbocycles. The van der Waals surface area contributed by atoms with E-state index in [-0.39, 0.29) is 0 Å². The minimum atomic E-state index is -0.505. The average Bonchev–Trinajstić information content (AvgIpc) is 2.58. The highest BCUT2D eigenvalue weighted by Crippen LogP contribution is 2.21. The number of benzene rings is 1. The molecule has 2 heterocycles. The first-order valence-electron chi connectivity index (χ1n) is 7.29. The summed E-state index contributed by atoms with van der Waals surface area (Å²) in [5, 5.41) is 6.18. The molecular weight excluding hydrogens is 304 g/mol. The van der Waals surface area contributed by atoms with Crippen LogP contribution >= 0.6 is 0 Å². The summed E-state index contributed by atoms with van der Waals surface area (Å²) < 4.78 is 0. The van der Waals surface area contributed by atoms with E-state index in [1.807, 2.05) is 25.1 Å². The number of amides is 1. The third-order valence-electron chi connectivity index (χ3n) is 3.29. The van der Waals surface area contributed by atoms with Crippen LogP contribution in [-0.4, -0.2) is 20.9 Å². The molecule has 3 rings (SSSR count). The molecule has 0 saturated heterocycles. The number of nitrogens with zero attached hydrogens (tertiary/aromatic N) is 3. The summed E-state index contributed by atoms with van der Waals surface area (Å²) in [5.41, 5.74) is 7.44. The fourth-order valence-electron chi connectivity index (χ4n) is 2.11. The number of pyridine rings is 1. The Bertz CT molecular complexity index is 863. The largest absolute Gasteiger partial charge is 0.366 e. The van der Waals surface area contributed by atoms with Crippen LogP contribution in [0.3, 0.4) is 0 Å². The van der Waals surface area contributed by atoms with Gasteiger partial charge in [-0.3, -0.25) is 4.79 Å². The Kier molecular flexibility index (Phi) is 4.33. The molecule has 0 fully saturated rings. The molecular formula is C17H16N6O. The van der Waals surface area contributed by atoms with Gasteiger partial charge in [0, 0.05) is 12.3 Å². The molecule has 24 heavy (non-hydrogen) atoms. The third-order valence-corrected chi connectivity index (χ3v) is 3.29. The van der Waals surface area contributed by atoms with Crippen LogP contribution in [-0.2, 0) is 0 Å². The van der Waals surface area contributed by atoms with E-state index < -0.39 is 5.91 Å². The Morgan fingerprint density at radius 3 is 2.42 bits per heavy atom. The number of hydrogen-bond acceptors (Lipinski definition) is 6. The molecule has 0 unspecified atom stereocenters. The molecule has 1 amide bonds. The predicted octanol–water partition coefficient (Wildman–Crippen LogP) is 2.77. The fraction of sp³-hybridized carbons (Fsp3) is 0.0588. The molecule has 7 nitrogen and oxygen atoms in total. The van der Waals surface area contributed by atoms with E-state index in [4.69, 9.17) is 5.73 Å². The van der Waals surface area contributed by atoms with Gasteiger partial charge in [0.05, 0.1) is 11.3 Å². The molecule has 1 aromatic carbocycles. The van der Waals surface area contributed by atoms with E-state index >= 15 is 0 Å². The molecule has 0 spiro atoms. The molecule has 0 aliphatic heterocycles. The maximum atomic E-state index is 11.5. The second-order valence-electron chi connectivity index (χ2n) is 5.17. The Labute approximate surface area is 139 Å². The fourth-order valence-corrected chi connectivity index (χ4v) is 2.11. The number of carbonyl (C=O) groups excluding carboxylic acids is 1. The van der Waals surface area contributed by atoms with Gasteiger partial charge in [-0.15, -0.1) is 0 Å². The number of aryl methyl sites for hydroxylation is 1. The zero-order chi connectivity index (χ0) is 16.9. The maximum absolute atomic E-state index is 11.5. The van der Waals surface area contributed by atoms with Crippen LogP contribution in [0.15, 0.2) is 55.0 Å². The van der Waals surface area contributed by atoms with Crippen molar-refractivity contribution in [2.75, 3.05) is 10.6 Å². The second kappa shape index (κ2) is 6.74. The van der Waals surface area contributed by atoms with Gasteiger partial charge in [0.25, 0.3) is 5.91 Å². The molecule has 2 aromatic heterocycles. The Morgan fingerprint density at radius 1 is 0.958 bits per heavy atom. The topological polar surface area (TPSA) is 106 Å². The quantitative estimate of drug-likeness (QED) is 0.667. The summed E-state index contributed by atoms with van der Waals surface area (Å²) in [5.74, 6) is 1.30. The highest BCUT2D eigenvalue weighted by atomic mass is 16.1. The lowest BCUT2D eigenvalue weighted by atomic mass is 10.1. The van der Waals surface area contributed by atoms with E-state index in [0.717, 1.165) is 5.56 Å². The smallest absolute Gasteiger partial charge is 0.250 e. The van der Waals surface area contributed by atoms with Crippen molar-refractivity contribution in [3.05, 3.63) is 66.1 Å². The van der Waals surface area contributed by atoms with Crippen molar-refractivity contribution in [1.29, 1.82) is 0 Å². The number of para-hydroxylation sites is 1. The lowest BCUT2D eigenvalue weighted by Gasteiger charge is -2.10. The molecule has 0 aliphatic rings. The molecule has 0 aliphatic carbocycles. The number of rotatable bonds is 5. The van der Waals surface area contributed by atoms with E-state index in [0.29, 0.717) is 28.7 Å². The van der Waals surface area contributed by atoms with Gasteiger partial charge in [0.1, 0.15) is 23.8 Å². The monoisotopic (exact) mass is 320 g/mol. The number of carbonyl (C=O) groups is 1. The van der Waals surface area contributed by atoms with Crippen LogP contribution < -0.4 is 16.4 Å². The van der Waals surface area contributed by atoms with Crippen LogP contribution in [0, 0.1) is 6.92 Å². The van der Waals surface area contributed by atoms with Crippen molar-refractivity contribution in [3.8, 4) is 0 Å². The van der Waals surface area contributed by atoms with E-state index in [1.165, 1.54) is 6.33 Å². The first-order valence-corrected chi connectivity index (χ1v) is 7.29. The average molecular weight is 320 g/mol. The van der Waals surface area contributed by atoms with Gasteiger partial charge in [-0.2, -0.15) is 0 Å². The van der Waals surface area contributed by atoms with Gasteiger partial charge in [-0.05, 0) is 30.7 Å². The van der Waals surface area contributed by atoms with Gasteiger partial charge in [-0.1, -0.05) is 18.2 Å². The number of anilines is 4. The van der Waals surface area contributed by atoms with Crippen molar-refractivity contribution in [2.24, 2.45) is 5.73 Å². The Morgan fingerprint density at radius 2 is 1.71 bits per heavy atom. The summed E-state index contributed by atoms with van der Waals surface area (Å²) in [6.07, 6.45) is 3.19. The number of nitrogens with one attached hydrogen (secondary N) is 2. The van der Waals surface area contributed by atoms with Crippen molar-refractivity contribution >= 4 is 29.0 Å². The van der Waals surface area contributed by atoms with Crippen molar-refractivity contribution in [2.45, 2.75) is 6.92 Å². The molecule has 7 heteroatoms. The van der Waals surface area contributed by atoms with Crippen molar-refractivity contribution in [3.63, 3.8) is 0 Å². The first kappa shape index (κ1) is 15.4. The number of aromatic nitrogens is 3. The summed E-state index contributed by atoms with van der Waals surface area (Å²) in [4.78, 5) is 24.1. The lowest BCUT2D eigenvalue weighted by molar-refractivity contribution is 0.100. The normalized spacial score (nSPS) is 10.2. The van der Waals surface area contributed by atoms with E-state index in [1.54, 1.807) is 30.5 Å². The number of hydrogen-bond donors (Lipinski definition) is 3. The van der Waals surface area contributed by atoms with Crippen LogP contribution in [0.2, 0.25) is 0 Å². The molecule has 3 aromatic rings. The van der Waals surface area contributed by atoms with Crippen LogP contribution in [0.1, 0.15) is 15.9 Å².